The van der Waals surface area contributed by atoms with E-state index in [4.69, 9.17) is 5.11 Å². The number of nitrogens with one attached hydrogen (secondary N) is 1. The smallest absolute Gasteiger partial charge is 0.252 e. The molecule has 0 aliphatic carbocycles. The van der Waals surface area contributed by atoms with Gasteiger partial charge in [0, 0.05) is 12.6 Å². The van der Waals surface area contributed by atoms with Crippen molar-refractivity contribution in [3.63, 3.8) is 0 Å². The van der Waals surface area contributed by atoms with Gasteiger partial charge in [-0.25, -0.2) is 4.39 Å². The molecule has 0 bridgehead atoms. The summed E-state index contributed by atoms with van der Waals surface area (Å²) in [5.74, 6) is 4.08. The van der Waals surface area contributed by atoms with Crippen LogP contribution in [0.1, 0.15) is 15.9 Å². The first kappa shape index (κ1) is 11.2. The maximum Gasteiger partial charge on any atom is 0.252 e. The maximum absolute atomic E-state index is 12.9. The molecule has 1 amide bonds. The zero-order valence-electron chi connectivity index (χ0n) is 8.17. The van der Waals surface area contributed by atoms with Gasteiger partial charge >= 0.3 is 0 Å². The normalized spacial score (nSPS) is 9.00. The standard InChI is InChI=1S/C11H10FNO2/c1-13-11(15)10-5-4-9(12)7-8(10)3-2-6-14/h4-5,7,14H,6H2,1H3,(H,13,15). The molecule has 1 aromatic rings. The molecule has 0 saturated heterocycles. The molecule has 0 fully saturated rings. The third-order valence-electron chi connectivity index (χ3n) is 1.76. The zero-order chi connectivity index (χ0) is 11.3. The Bertz CT molecular complexity index is 432. The average Bonchev–Trinajstić information content (AvgIpc) is 2.25. The summed E-state index contributed by atoms with van der Waals surface area (Å²) >= 11 is 0. The minimum Gasteiger partial charge on any atom is -0.384 e. The number of rotatable bonds is 1. The van der Waals surface area contributed by atoms with Crippen molar-refractivity contribution < 1.29 is 14.3 Å². The molecule has 0 heterocycles. The molecule has 3 nitrogen and oxygen atoms in total. The fourth-order valence-electron chi connectivity index (χ4n) is 1.09. The van der Waals surface area contributed by atoms with Gasteiger partial charge in [0.2, 0.25) is 0 Å². The van der Waals surface area contributed by atoms with E-state index < -0.39 is 5.82 Å². The Labute approximate surface area is 86.9 Å². The third-order valence-corrected chi connectivity index (χ3v) is 1.76. The van der Waals surface area contributed by atoms with E-state index in [0.717, 1.165) is 6.07 Å². The van der Waals surface area contributed by atoms with Crippen molar-refractivity contribution in [2.75, 3.05) is 13.7 Å². The Hall–Kier alpha value is -1.86. The van der Waals surface area contributed by atoms with Crippen molar-refractivity contribution in [2.24, 2.45) is 0 Å². The molecule has 15 heavy (non-hydrogen) atoms. The van der Waals surface area contributed by atoms with Gasteiger partial charge in [0.1, 0.15) is 12.4 Å². The van der Waals surface area contributed by atoms with E-state index in [9.17, 15) is 9.18 Å². The van der Waals surface area contributed by atoms with Crippen LogP contribution in [0.5, 0.6) is 0 Å². The first-order valence-corrected chi connectivity index (χ1v) is 4.30. The van der Waals surface area contributed by atoms with Gasteiger partial charge in [-0.1, -0.05) is 11.8 Å². The van der Waals surface area contributed by atoms with E-state index in [0.29, 0.717) is 5.56 Å². The first-order chi connectivity index (χ1) is 7.19. The number of amides is 1. The Morgan fingerprint density at radius 2 is 2.33 bits per heavy atom. The van der Waals surface area contributed by atoms with Gasteiger partial charge in [-0.3, -0.25) is 4.79 Å². The van der Waals surface area contributed by atoms with Crippen LogP contribution in [0, 0.1) is 17.7 Å². The third kappa shape index (κ3) is 2.79. The van der Waals surface area contributed by atoms with E-state index in [1.807, 2.05) is 0 Å². The molecular formula is C11H10FNO2. The van der Waals surface area contributed by atoms with E-state index in [1.165, 1.54) is 19.2 Å². The van der Waals surface area contributed by atoms with Crippen LogP contribution in [0.4, 0.5) is 4.39 Å². The summed E-state index contributed by atoms with van der Waals surface area (Å²) in [6.45, 7) is -0.330. The van der Waals surface area contributed by atoms with Gasteiger partial charge < -0.3 is 10.4 Å². The van der Waals surface area contributed by atoms with Gasteiger partial charge in [0.25, 0.3) is 5.91 Å². The van der Waals surface area contributed by atoms with Crippen LogP contribution in [-0.4, -0.2) is 24.7 Å². The monoisotopic (exact) mass is 207 g/mol. The van der Waals surface area contributed by atoms with Gasteiger partial charge in [-0.15, -0.1) is 0 Å². The lowest BCUT2D eigenvalue weighted by molar-refractivity contribution is 0.0963. The van der Waals surface area contributed by atoms with Gasteiger partial charge in [-0.2, -0.15) is 0 Å². The first-order valence-electron chi connectivity index (χ1n) is 4.30. The van der Waals surface area contributed by atoms with Crippen LogP contribution in [0.15, 0.2) is 18.2 Å². The maximum atomic E-state index is 12.9. The summed E-state index contributed by atoms with van der Waals surface area (Å²) in [6.07, 6.45) is 0. The molecule has 0 saturated carbocycles. The molecule has 4 heteroatoms. The number of aliphatic hydroxyl groups excluding tert-OH is 1. The molecule has 1 aromatic carbocycles. The van der Waals surface area contributed by atoms with Gasteiger partial charge in [-0.05, 0) is 18.2 Å². The molecule has 0 spiro atoms. The van der Waals surface area contributed by atoms with Crippen molar-refractivity contribution in [2.45, 2.75) is 0 Å². The van der Waals surface area contributed by atoms with E-state index >= 15 is 0 Å². The van der Waals surface area contributed by atoms with Crippen molar-refractivity contribution in [3.8, 4) is 11.8 Å². The molecule has 0 aromatic heterocycles. The van der Waals surface area contributed by atoms with Crippen LogP contribution in [-0.2, 0) is 0 Å². The summed E-state index contributed by atoms with van der Waals surface area (Å²) in [5, 5.41) is 10.9. The second-order valence-electron chi connectivity index (χ2n) is 2.73. The van der Waals surface area contributed by atoms with E-state index in [2.05, 4.69) is 17.2 Å². The highest BCUT2D eigenvalue weighted by atomic mass is 19.1. The minimum atomic E-state index is -0.468. The summed E-state index contributed by atoms with van der Waals surface area (Å²) < 4.78 is 12.9. The number of carbonyl (C=O) groups is 1. The topological polar surface area (TPSA) is 49.3 Å². The number of halogens is 1. The highest BCUT2D eigenvalue weighted by molar-refractivity contribution is 5.96. The van der Waals surface area contributed by atoms with E-state index in [-0.39, 0.29) is 18.1 Å². The molecular weight excluding hydrogens is 197 g/mol. The predicted molar refractivity (Wildman–Crippen MR) is 53.8 cm³/mol. The largest absolute Gasteiger partial charge is 0.384 e. The van der Waals surface area contributed by atoms with Crippen molar-refractivity contribution in [1.82, 2.24) is 5.32 Å². The summed E-state index contributed by atoms with van der Waals surface area (Å²) in [6, 6.07) is 3.71. The highest BCUT2D eigenvalue weighted by Gasteiger charge is 2.08. The fraction of sp³-hybridized carbons (Fsp3) is 0.182. The Balaban J connectivity index is 3.20. The van der Waals surface area contributed by atoms with Crippen molar-refractivity contribution in [3.05, 3.63) is 35.1 Å². The molecule has 0 aliphatic rings. The molecule has 2 N–H and O–H groups in total. The van der Waals surface area contributed by atoms with Crippen LogP contribution < -0.4 is 5.32 Å². The van der Waals surface area contributed by atoms with Crippen LogP contribution in [0.2, 0.25) is 0 Å². The second-order valence-corrected chi connectivity index (χ2v) is 2.73. The molecule has 0 aliphatic heterocycles. The Morgan fingerprint density at radius 3 is 2.93 bits per heavy atom. The number of hydrogen-bond donors (Lipinski definition) is 2. The van der Waals surface area contributed by atoms with Crippen molar-refractivity contribution >= 4 is 5.91 Å². The van der Waals surface area contributed by atoms with E-state index in [1.54, 1.807) is 0 Å². The molecule has 0 atom stereocenters. The molecule has 0 unspecified atom stereocenters. The molecule has 0 radical (unpaired) electrons. The Kier molecular flexibility index (Phi) is 3.83. The van der Waals surface area contributed by atoms with Crippen LogP contribution in [0.25, 0.3) is 0 Å². The number of aliphatic hydroxyl groups is 1. The summed E-state index contributed by atoms with van der Waals surface area (Å²) in [5.41, 5.74) is 0.559. The lowest BCUT2D eigenvalue weighted by atomic mass is 10.1. The van der Waals surface area contributed by atoms with Crippen LogP contribution in [0.3, 0.4) is 0 Å². The number of hydrogen-bond acceptors (Lipinski definition) is 2. The van der Waals surface area contributed by atoms with Crippen molar-refractivity contribution in [1.29, 1.82) is 0 Å². The SMILES string of the molecule is CNC(=O)c1ccc(F)cc1C#CCO. The van der Waals surface area contributed by atoms with Gasteiger partial charge in [0.15, 0.2) is 0 Å². The Morgan fingerprint density at radius 1 is 1.60 bits per heavy atom. The zero-order valence-corrected chi connectivity index (χ0v) is 8.17. The predicted octanol–water partition coefficient (Wildman–Crippen LogP) is 0.529. The quantitative estimate of drug-likeness (QED) is 0.660. The molecule has 78 valence electrons. The molecule has 1 rings (SSSR count). The lowest BCUT2D eigenvalue weighted by Crippen LogP contribution is -2.19. The highest BCUT2D eigenvalue weighted by Crippen LogP contribution is 2.10. The van der Waals surface area contributed by atoms with Gasteiger partial charge in [0.05, 0.1) is 5.56 Å². The second kappa shape index (κ2) is 5.13. The number of carbonyl (C=O) groups excluding carboxylic acids is 1. The summed E-state index contributed by atoms with van der Waals surface area (Å²) in [4.78, 5) is 11.3. The average molecular weight is 207 g/mol. The number of benzene rings is 1. The lowest BCUT2D eigenvalue weighted by Gasteiger charge is -2.02. The van der Waals surface area contributed by atoms with Crippen LogP contribution >= 0.6 is 0 Å². The minimum absolute atomic E-state index is 0.267. The fourth-order valence-corrected chi connectivity index (χ4v) is 1.09. The summed E-state index contributed by atoms with van der Waals surface area (Å²) in [7, 11) is 1.48.